The van der Waals surface area contributed by atoms with Gasteiger partial charge in [0.15, 0.2) is 0 Å². The molecule has 0 aliphatic carbocycles. The maximum absolute atomic E-state index is 8.56. The molecule has 0 fully saturated rings. The molecule has 78 valence electrons. The smallest absolute Gasteiger partial charge is 0.0992 e. The van der Waals surface area contributed by atoms with Gasteiger partial charge >= 0.3 is 0 Å². The standard InChI is InChI=1S/C10H10ClN3O/c11-9-5-8(6-13-15)1-2-10(9)14-4-3-12-7-14/h1-5,7,13,15H,6H2. The van der Waals surface area contributed by atoms with E-state index < -0.39 is 0 Å². The summed E-state index contributed by atoms with van der Waals surface area (Å²) in [6.07, 6.45) is 5.20. The van der Waals surface area contributed by atoms with E-state index in [2.05, 4.69) is 10.5 Å². The van der Waals surface area contributed by atoms with Crippen LogP contribution < -0.4 is 5.48 Å². The Morgan fingerprint density at radius 2 is 2.33 bits per heavy atom. The van der Waals surface area contributed by atoms with Crippen LogP contribution in [0.3, 0.4) is 0 Å². The van der Waals surface area contributed by atoms with Crippen LogP contribution in [0.2, 0.25) is 5.02 Å². The molecule has 0 unspecified atom stereocenters. The lowest BCUT2D eigenvalue weighted by Gasteiger charge is -2.06. The summed E-state index contributed by atoms with van der Waals surface area (Å²) in [4.78, 5) is 3.95. The van der Waals surface area contributed by atoms with Crippen molar-refractivity contribution in [3.05, 3.63) is 47.5 Å². The van der Waals surface area contributed by atoms with Gasteiger partial charge in [-0.05, 0) is 17.7 Å². The lowest BCUT2D eigenvalue weighted by Crippen LogP contribution is -2.06. The zero-order valence-corrected chi connectivity index (χ0v) is 8.65. The van der Waals surface area contributed by atoms with Gasteiger partial charge in [0, 0.05) is 18.9 Å². The van der Waals surface area contributed by atoms with Crippen LogP contribution in [0.4, 0.5) is 0 Å². The monoisotopic (exact) mass is 223 g/mol. The summed E-state index contributed by atoms with van der Waals surface area (Å²) < 4.78 is 1.83. The van der Waals surface area contributed by atoms with Crippen molar-refractivity contribution in [3.8, 4) is 5.69 Å². The number of aromatic nitrogens is 2. The minimum atomic E-state index is 0.379. The summed E-state index contributed by atoms with van der Waals surface area (Å²) in [7, 11) is 0. The summed E-state index contributed by atoms with van der Waals surface area (Å²) in [6, 6.07) is 5.58. The molecule has 15 heavy (non-hydrogen) atoms. The third-order valence-corrected chi connectivity index (χ3v) is 2.38. The van der Waals surface area contributed by atoms with Crippen LogP contribution in [0.15, 0.2) is 36.9 Å². The van der Waals surface area contributed by atoms with E-state index in [0.717, 1.165) is 11.3 Å². The molecule has 0 atom stereocenters. The third kappa shape index (κ3) is 2.18. The lowest BCUT2D eigenvalue weighted by atomic mass is 10.2. The minimum absolute atomic E-state index is 0.379. The number of hydrogen-bond acceptors (Lipinski definition) is 3. The Balaban J connectivity index is 2.35. The largest absolute Gasteiger partial charge is 0.316 e. The highest BCUT2D eigenvalue weighted by molar-refractivity contribution is 6.32. The Kier molecular flexibility index (Phi) is 3.01. The van der Waals surface area contributed by atoms with Crippen LogP contribution in [0, 0.1) is 0 Å². The molecule has 2 rings (SSSR count). The number of rotatable bonds is 3. The van der Waals surface area contributed by atoms with Gasteiger partial charge in [0.25, 0.3) is 0 Å². The van der Waals surface area contributed by atoms with Crippen LogP contribution in [-0.2, 0) is 6.54 Å². The number of nitrogens with one attached hydrogen (secondary N) is 1. The molecule has 0 spiro atoms. The Morgan fingerprint density at radius 1 is 1.47 bits per heavy atom. The van der Waals surface area contributed by atoms with Gasteiger partial charge < -0.3 is 9.77 Å². The number of benzene rings is 1. The van der Waals surface area contributed by atoms with Gasteiger partial charge in [-0.3, -0.25) is 0 Å². The van der Waals surface area contributed by atoms with Gasteiger partial charge in [0.1, 0.15) is 0 Å². The number of nitrogens with zero attached hydrogens (tertiary/aromatic N) is 2. The second kappa shape index (κ2) is 4.44. The molecule has 0 saturated heterocycles. The molecule has 1 heterocycles. The van der Waals surface area contributed by atoms with Crippen molar-refractivity contribution < 1.29 is 5.21 Å². The van der Waals surface area contributed by atoms with Crippen molar-refractivity contribution in [3.63, 3.8) is 0 Å². The summed E-state index contributed by atoms with van der Waals surface area (Å²) in [6.45, 7) is 0.379. The highest BCUT2D eigenvalue weighted by Gasteiger charge is 2.03. The molecule has 1 aromatic heterocycles. The fourth-order valence-electron chi connectivity index (χ4n) is 1.36. The Hall–Kier alpha value is -1.36. The average Bonchev–Trinajstić information content (AvgIpc) is 2.71. The van der Waals surface area contributed by atoms with E-state index in [9.17, 15) is 0 Å². The first-order valence-electron chi connectivity index (χ1n) is 4.45. The first kappa shape index (κ1) is 10.2. The van der Waals surface area contributed by atoms with Crippen LogP contribution in [0.25, 0.3) is 5.69 Å². The molecule has 0 saturated carbocycles. The molecule has 4 nitrogen and oxygen atoms in total. The molecule has 0 amide bonds. The average molecular weight is 224 g/mol. The lowest BCUT2D eigenvalue weighted by molar-refractivity contribution is 0.161. The van der Waals surface area contributed by atoms with Crippen molar-refractivity contribution >= 4 is 11.6 Å². The zero-order valence-electron chi connectivity index (χ0n) is 7.89. The maximum atomic E-state index is 8.56. The highest BCUT2D eigenvalue weighted by Crippen LogP contribution is 2.21. The molecular formula is C10H10ClN3O. The van der Waals surface area contributed by atoms with Gasteiger partial charge in [-0.2, -0.15) is 0 Å². The Morgan fingerprint density at radius 3 is 2.93 bits per heavy atom. The predicted octanol–water partition coefficient (Wildman–Crippen LogP) is 2.00. The second-order valence-corrected chi connectivity index (χ2v) is 3.50. The maximum Gasteiger partial charge on any atom is 0.0992 e. The van der Waals surface area contributed by atoms with Gasteiger partial charge in [0.2, 0.25) is 0 Å². The first-order valence-corrected chi connectivity index (χ1v) is 4.83. The number of hydrogen-bond donors (Lipinski definition) is 2. The van der Waals surface area contributed by atoms with Gasteiger partial charge in [0.05, 0.1) is 17.0 Å². The topological polar surface area (TPSA) is 50.1 Å². The summed E-state index contributed by atoms with van der Waals surface area (Å²) in [5, 5.41) is 9.18. The third-order valence-electron chi connectivity index (χ3n) is 2.08. The second-order valence-electron chi connectivity index (χ2n) is 3.09. The van der Waals surface area contributed by atoms with Crippen molar-refractivity contribution in [2.24, 2.45) is 0 Å². The molecule has 0 aliphatic rings. The van der Waals surface area contributed by atoms with E-state index in [1.807, 2.05) is 22.9 Å². The normalized spacial score (nSPS) is 10.5. The Labute approximate surface area is 92.1 Å². The van der Waals surface area contributed by atoms with Crippen LogP contribution in [-0.4, -0.2) is 14.8 Å². The fraction of sp³-hybridized carbons (Fsp3) is 0.100. The molecule has 0 aliphatic heterocycles. The Bertz CT molecular complexity index is 442. The van der Waals surface area contributed by atoms with E-state index in [1.165, 1.54) is 0 Å². The van der Waals surface area contributed by atoms with Crippen LogP contribution >= 0.6 is 11.6 Å². The molecule has 2 aromatic rings. The SMILES string of the molecule is ONCc1ccc(-n2ccnc2)c(Cl)c1. The molecule has 5 heteroatoms. The van der Waals surface area contributed by atoms with Crippen molar-refractivity contribution in [1.82, 2.24) is 15.0 Å². The molecular weight excluding hydrogens is 214 g/mol. The van der Waals surface area contributed by atoms with Gasteiger partial charge in [-0.25, -0.2) is 10.5 Å². The van der Waals surface area contributed by atoms with E-state index >= 15 is 0 Å². The predicted molar refractivity (Wildman–Crippen MR) is 57.2 cm³/mol. The molecule has 0 bridgehead atoms. The zero-order chi connectivity index (χ0) is 10.7. The number of imidazole rings is 1. The van der Waals surface area contributed by atoms with E-state index in [4.69, 9.17) is 16.8 Å². The summed E-state index contributed by atoms with van der Waals surface area (Å²) in [5.74, 6) is 0. The van der Waals surface area contributed by atoms with Gasteiger partial charge in [-0.15, -0.1) is 0 Å². The molecule has 1 aromatic carbocycles. The quantitative estimate of drug-likeness (QED) is 0.783. The van der Waals surface area contributed by atoms with Crippen molar-refractivity contribution in [2.45, 2.75) is 6.54 Å². The van der Waals surface area contributed by atoms with E-state index in [1.54, 1.807) is 18.6 Å². The number of hydroxylamine groups is 1. The van der Waals surface area contributed by atoms with E-state index in [-0.39, 0.29) is 0 Å². The summed E-state index contributed by atoms with van der Waals surface area (Å²) in [5.41, 5.74) is 3.88. The van der Waals surface area contributed by atoms with Crippen LogP contribution in [0.1, 0.15) is 5.56 Å². The van der Waals surface area contributed by atoms with Gasteiger partial charge in [-0.1, -0.05) is 17.7 Å². The van der Waals surface area contributed by atoms with E-state index in [0.29, 0.717) is 11.6 Å². The molecule has 0 radical (unpaired) electrons. The highest BCUT2D eigenvalue weighted by atomic mass is 35.5. The molecule has 2 N–H and O–H groups in total. The fourth-order valence-corrected chi connectivity index (χ4v) is 1.66. The van der Waals surface area contributed by atoms with Crippen molar-refractivity contribution in [1.29, 1.82) is 0 Å². The van der Waals surface area contributed by atoms with Crippen molar-refractivity contribution in [2.75, 3.05) is 0 Å². The summed E-state index contributed by atoms with van der Waals surface area (Å²) >= 11 is 6.10. The first-order chi connectivity index (χ1) is 7.31. The number of halogens is 1. The van der Waals surface area contributed by atoms with Crippen LogP contribution in [0.5, 0.6) is 0 Å². The minimum Gasteiger partial charge on any atom is -0.316 e.